The third kappa shape index (κ3) is 5.59. The molecule has 0 spiro atoms. The lowest BCUT2D eigenvalue weighted by atomic mass is 10.1. The first-order valence-corrected chi connectivity index (χ1v) is 13.0. The molecule has 1 aliphatic heterocycles. The number of likely N-dealkylation sites (N-methyl/N-ethyl adjacent to an activating group) is 1. The lowest BCUT2D eigenvalue weighted by Crippen LogP contribution is -2.33. The van der Waals surface area contributed by atoms with E-state index >= 15 is 0 Å². The van der Waals surface area contributed by atoms with Crippen molar-refractivity contribution in [3.63, 3.8) is 0 Å². The Balaban J connectivity index is 1.69. The highest BCUT2D eigenvalue weighted by Gasteiger charge is 2.25. The number of carbonyl (C=O) groups excluding carboxylic acids is 1. The molecule has 0 saturated carbocycles. The second-order valence-electron chi connectivity index (χ2n) is 9.02. The van der Waals surface area contributed by atoms with Gasteiger partial charge in [0, 0.05) is 31.2 Å². The van der Waals surface area contributed by atoms with Gasteiger partial charge in [0.2, 0.25) is 0 Å². The predicted octanol–water partition coefficient (Wildman–Crippen LogP) is 5.57. The number of rotatable bonds is 10. The SMILES string of the molecule is CCOc1ccc(/C=C/c2nc3cc(C(=O)N(CC)CC)ccc3n2CC2CCCN2CC)cc1. The van der Waals surface area contributed by atoms with Crippen molar-refractivity contribution in [2.75, 3.05) is 32.8 Å². The molecule has 1 saturated heterocycles. The Hall–Kier alpha value is -3.12. The molecule has 1 atom stereocenters. The fraction of sp³-hybridized carbons (Fsp3) is 0.448. The monoisotopic (exact) mass is 474 g/mol. The van der Waals surface area contributed by atoms with Gasteiger partial charge in [-0.05, 0) is 88.7 Å². The van der Waals surface area contributed by atoms with E-state index in [2.05, 4.69) is 46.7 Å². The first kappa shape index (κ1) is 25.0. The molecule has 0 aliphatic carbocycles. The summed E-state index contributed by atoms with van der Waals surface area (Å²) in [5.41, 5.74) is 3.75. The maximum Gasteiger partial charge on any atom is 0.253 e. The van der Waals surface area contributed by atoms with Crippen molar-refractivity contribution in [2.45, 2.75) is 53.1 Å². The maximum absolute atomic E-state index is 12.9. The van der Waals surface area contributed by atoms with Gasteiger partial charge in [0.1, 0.15) is 11.6 Å². The first-order valence-electron chi connectivity index (χ1n) is 13.0. The summed E-state index contributed by atoms with van der Waals surface area (Å²) in [6.07, 6.45) is 6.63. The topological polar surface area (TPSA) is 50.6 Å². The number of fused-ring (bicyclic) bond motifs is 1. The summed E-state index contributed by atoms with van der Waals surface area (Å²) in [5.74, 6) is 1.86. The number of benzene rings is 2. The molecule has 1 unspecified atom stereocenters. The normalized spacial score (nSPS) is 16.4. The van der Waals surface area contributed by atoms with E-state index in [4.69, 9.17) is 9.72 Å². The van der Waals surface area contributed by atoms with E-state index in [1.54, 1.807) is 0 Å². The molecule has 4 rings (SSSR count). The third-order valence-electron chi connectivity index (χ3n) is 6.99. The molecule has 1 fully saturated rings. The first-order chi connectivity index (χ1) is 17.1. The number of hydrogen-bond acceptors (Lipinski definition) is 4. The molecule has 2 heterocycles. The van der Waals surface area contributed by atoms with Crippen LogP contribution in [0.4, 0.5) is 0 Å². The summed E-state index contributed by atoms with van der Waals surface area (Å²) in [4.78, 5) is 22.3. The zero-order chi connectivity index (χ0) is 24.8. The average Bonchev–Trinajstić information content (AvgIpc) is 3.48. The number of nitrogens with zero attached hydrogens (tertiary/aromatic N) is 4. The van der Waals surface area contributed by atoms with E-state index in [-0.39, 0.29) is 5.91 Å². The van der Waals surface area contributed by atoms with E-state index in [9.17, 15) is 4.79 Å². The van der Waals surface area contributed by atoms with E-state index in [1.165, 1.54) is 12.8 Å². The highest BCUT2D eigenvalue weighted by Crippen LogP contribution is 2.25. The smallest absolute Gasteiger partial charge is 0.253 e. The van der Waals surface area contributed by atoms with Crippen molar-refractivity contribution in [3.05, 3.63) is 59.4 Å². The van der Waals surface area contributed by atoms with Crippen LogP contribution in [0.15, 0.2) is 42.5 Å². The summed E-state index contributed by atoms with van der Waals surface area (Å²) in [6.45, 7) is 13.4. The number of amides is 1. The number of imidazole rings is 1. The van der Waals surface area contributed by atoms with Crippen LogP contribution in [0.25, 0.3) is 23.2 Å². The Morgan fingerprint density at radius 1 is 1.09 bits per heavy atom. The van der Waals surface area contributed by atoms with Gasteiger partial charge in [-0.2, -0.15) is 0 Å². The molecule has 1 aromatic heterocycles. The maximum atomic E-state index is 12.9. The van der Waals surface area contributed by atoms with Crippen molar-refractivity contribution in [1.29, 1.82) is 0 Å². The van der Waals surface area contributed by atoms with Crippen LogP contribution in [0.1, 0.15) is 62.3 Å². The van der Waals surface area contributed by atoms with Gasteiger partial charge >= 0.3 is 0 Å². The molecule has 0 N–H and O–H groups in total. The van der Waals surface area contributed by atoms with Crippen molar-refractivity contribution >= 4 is 29.1 Å². The Morgan fingerprint density at radius 3 is 2.54 bits per heavy atom. The minimum absolute atomic E-state index is 0.0610. The van der Waals surface area contributed by atoms with E-state index in [0.29, 0.717) is 31.3 Å². The second-order valence-corrected chi connectivity index (χ2v) is 9.02. The summed E-state index contributed by atoms with van der Waals surface area (Å²) < 4.78 is 7.89. The zero-order valence-corrected chi connectivity index (χ0v) is 21.5. The minimum atomic E-state index is 0.0610. The van der Waals surface area contributed by atoms with Gasteiger partial charge in [0.05, 0.1) is 17.6 Å². The molecule has 6 nitrogen and oxygen atoms in total. The lowest BCUT2D eigenvalue weighted by Gasteiger charge is -2.24. The molecule has 186 valence electrons. The number of aromatic nitrogens is 2. The van der Waals surface area contributed by atoms with Gasteiger partial charge in [-0.15, -0.1) is 0 Å². The number of hydrogen-bond donors (Lipinski definition) is 0. The molecule has 1 amide bonds. The van der Waals surface area contributed by atoms with Gasteiger partial charge in [-0.1, -0.05) is 25.1 Å². The van der Waals surface area contributed by atoms with Crippen LogP contribution in [0, 0.1) is 0 Å². The van der Waals surface area contributed by atoms with Crippen molar-refractivity contribution in [2.24, 2.45) is 0 Å². The predicted molar refractivity (Wildman–Crippen MR) is 144 cm³/mol. The fourth-order valence-corrected chi connectivity index (χ4v) is 5.04. The quantitative estimate of drug-likeness (QED) is 0.385. The molecule has 0 radical (unpaired) electrons. The van der Waals surface area contributed by atoms with Crippen LogP contribution in [-0.4, -0.2) is 64.1 Å². The standard InChI is InChI=1S/C29H38N4O2/c1-5-31(6-2)29(34)23-14-17-27-26(20-23)30-28(33(27)21-24-10-9-19-32(24)7-3)18-13-22-11-15-25(16-12-22)35-8-4/h11-18,20,24H,5-10,19,21H2,1-4H3/b18-13+. The van der Waals surface area contributed by atoms with Gasteiger partial charge in [-0.3, -0.25) is 9.69 Å². The number of likely N-dealkylation sites (tertiary alicyclic amines) is 1. The summed E-state index contributed by atoms with van der Waals surface area (Å²) in [7, 11) is 0. The van der Waals surface area contributed by atoms with Gasteiger partial charge in [0.15, 0.2) is 0 Å². The molecule has 1 aliphatic rings. The van der Waals surface area contributed by atoms with Gasteiger partial charge in [-0.25, -0.2) is 4.98 Å². The molecule has 0 bridgehead atoms. The van der Waals surface area contributed by atoms with E-state index in [0.717, 1.165) is 47.8 Å². The lowest BCUT2D eigenvalue weighted by molar-refractivity contribution is 0.0773. The van der Waals surface area contributed by atoms with Crippen LogP contribution in [0.2, 0.25) is 0 Å². The van der Waals surface area contributed by atoms with Crippen molar-refractivity contribution < 1.29 is 9.53 Å². The second kappa shape index (κ2) is 11.5. The summed E-state index contributed by atoms with van der Waals surface area (Å²) in [6, 6.07) is 14.6. The van der Waals surface area contributed by atoms with Crippen LogP contribution in [0.3, 0.4) is 0 Å². The minimum Gasteiger partial charge on any atom is -0.494 e. The average molecular weight is 475 g/mol. The van der Waals surface area contributed by atoms with E-state index in [1.807, 2.05) is 49.9 Å². The Kier molecular flexibility index (Phi) is 8.24. The van der Waals surface area contributed by atoms with Crippen molar-refractivity contribution in [3.8, 4) is 5.75 Å². The largest absolute Gasteiger partial charge is 0.494 e. The zero-order valence-electron chi connectivity index (χ0n) is 21.5. The van der Waals surface area contributed by atoms with Gasteiger partial charge < -0.3 is 14.2 Å². The molecule has 6 heteroatoms. The Morgan fingerprint density at radius 2 is 1.86 bits per heavy atom. The number of ether oxygens (including phenoxy) is 1. The molecular weight excluding hydrogens is 436 g/mol. The molecule has 3 aromatic rings. The Bertz CT molecular complexity index is 1160. The van der Waals surface area contributed by atoms with Crippen LogP contribution < -0.4 is 4.74 Å². The highest BCUT2D eigenvalue weighted by molar-refractivity contribution is 5.97. The molecular formula is C29H38N4O2. The van der Waals surface area contributed by atoms with E-state index < -0.39 is 0 Å². The van der Waals surface area contributed by atoms with Crippen LogP contribution in [-0.2, 0) is 6.54 Å². The Labute approximate surface area is 209 Å². The van der Waals surface area contributed by atoms with Crippen LogP contribution >= 0.6 is 0 Å². The molecule has 35 heavy (non-hydrogen) atoms. The van der Waals surface area contributed by atoms with Gasteiger partial charge in [0.25, 0.3) is 5.91 Å². The third-order valence-corrected chi connectivity index (χ3v) is 6.99. The van der Waals surface area contributed by atoms with Crippen molar-refractivity contribution in [1.82, 2.24) is 19.4 Å². The van der Waals surface area contributed by atoms with Crippen LogP contribution in [0.5, 0.6) is 5.75 Å². The summed E-state index contributed by atoms with van der Waals surface area (Å²) in [5, 5.41) is 0. The number of carbonyl (C=O) groups is 1. The highest BCUT2D eigenvalue weighted by atomic mass is 16.5. The fourth-order valence-electron chi connectivity index (χ4n) is 5.04. The summed E-state index contributed by atoms with van der Waals surface area (Å²) >= 11 is 0. The molecule has 2 aromatic carbocycles.